The van der Waals surface area contributed by atoms with Gasteiger partial charge >= 0.3 is 0 Å². The molecule has 84 valence electrons. The quantitative estimate of drug-likeness (QED) is 0.820. The summed E-state index contributed by atoms with van der Waals surface area (Å²) in [6.07, 6.45) is 0. The van der Waals surface area contributed by atoms with Gasteiger partial charge in [0.25, 0.3) is 0 Å². The zero-order valence-corrected chi connectivity index (χ0v) is 10.1. The molecule has 1 aromatic rings. The normalized spacial score (nSPS) is 11.5. The van der Waals surface area contributed by atoms with Crippen LogP contribution in [0.5, 0.6) is 0 Å². The van der Waals surface area contributed by atoms with Crippen LogP contribution in [0.2, 0.25) is 0 Å². The van der Waals surface area contributed by atoms with Crippen molar-refractivity contribution in [1.29, 1.82) is 0 Å². The highest BCUT2D eigenvalue weighted by Gasteiger charge is 2.17. The molecular weight excluding hydrogens is 186 g/mol. The lowest BCUT2D eigenvalue weighted by Crippen LogP contribution is -2.38. The Labute approximate surface area is 92.5 Å². The number of aryl methyl sites for hydroxylation is 1. The summed E-state index contributed by atoms with van der Waals surface area (Å²) in [6, 6.07) is 8.37. The largest absolute Gasteiger partial charge is 0.389 e. The smallest absolute Gasteiger partial charge is 0.0765 e. The molecule has 0 heterocycles. The molecular formula is C13H21NO. The van der Waals surface area contributed by atoms with E-state index in [-0.39, 0.29) is 0 Å². The molecule has 0 unspecified atom stereocenters. The zero-order chi connectivity index (χ0) is 11.5. The molecule has 0 aromatic heterocycles. The molecule has 1 rings (SSSR count). The predicted octanol–water partition coefficient (Wildman–Crippen LogP) is 2.59. The van der Waals surface area contributed by atoms with Crippen LogP contribution in [0.4, 0.5) is 5.69 Å². The summed E-state index contributed by atoms with van der Waals surface area (Å²) < 4.78 is 0. The fourth-order valence-electron chi connectivity index (χ4n) is 1.68. The fourth-order valence-corrected chi connectivity index (χ4v) is 1.68. The van der Waals surface area contributed by atoms with Gasteiger partial charge in [-0.25, -0.2) is 0 Å². The van der Waals surface area contributed by atoms with E-state index < -0.39 is 5.60 Å². The average molecular weight is 207 g/mol. The van der Waals surface area contributed by atoms with Gasteiger partial charge in [-0.1, -0.05) is 12.1 Å². The van der Waals surface area contributed by atoms with Crippen LogP contribution in [0.1, 0.15) is 26.3 Å². The second kappa shape index (κ2) is 4.67. The van der Waals surface area contributed by atoms with E-state index in [2.05, 4.69) is 43.0 Å². The van der Waals surface area contributed by atoms with E-state index in [4.69, 9.17) is 0 Å². The van der Waals surface area contributed by atoms with Gasteiger partial charge in [-0.15, -0.1) is 0 Å². The molecule has 0 amide bonds. The lowest BCUT2D eigenvalue weighted by Gasteiger charge is -2.30. The summed E-state index contributed by atoms with van der Waals surface area (Å²) in [5.41, 5.74) is 1.78. The minimum atomic E-state index is -0.653. The third-order valence-corrected chi connectivity index (χ3v) is 2.33. The lowest BCUT2D eigenvalue weighted by atomic mass is 10.1. The molecule has 2 nitrogen and oxygen atoms in total. The third-order valence-electron chi connectivity index (χ3n) is 2.33. The highest BCUT2D eigenvalue weighted by atomic mass is 16.3. The van der Waals surface area contributed by atoms with E-state index in [1.165, 1.54) is 11.3 Å². The Morgan fingerprint density at radius 1 is 1.33 bits per heavy atom. The fraction of sp³-hybridized carbons (Fsp3) is 0.538. The number of hydrogen-bond acceptors (Lipinski definition) is 2. The number of rotatable bonds is 4. The van der Waals surface area contributed by atoms with Gasteiger partial charge in [0.1, 0.15) is 0 Å². The first-order valence-electron chi connectivity index (χ1n) is 5.46. The first-order valence-corrected chi connectivity index (χ1v) is 5.46. The summed E-state index contributed by atoms with van der Waals surface area (Å²) in [5.74, 6) is 0. The second-order valence-corrected chi connectivity index (χ2v) is 4.67. The van der Waals surface area contributed by atoms with Gasteiger partial charge in [0, 0.05) is 18.8 Å². The first-order chi connectivity index (χ1) is 6.92. The number of hydrogen-bond donors (Lipinski definition) is 1. The Balaban J connectivity index is 2.83. The van der Waals surface area contributed by atoms with E-state index >= 15 is 0 Å². The maximum Gasteiger partial charge on any atom is 0.0765 e. The van der Waals surface area contributed by atoms with E-state index in [9.17, 15) is 5.11 Å². The molecule has 0 aliphatic carbocycles. The van der Waals surface area contributed by atoms with Crippen molar-refractivity contribution in [2.45, 2.75) is 33.3 Å². The van der Waals surface area contributed by atoms with Crippen LogP contribution in [-0.2, 0) is 0 Å². The van der Waals surface area contributed by atoms with E-state index in [0.29, 0.717) is 6.54 Å². The van der Waals surface area contributed by atoms with Crippen molar-refractivity contribution in [2.24, 2.45) is 0 Å². The Kier molecular flexibility index (Phi) is 3.75. The van der Waals surface area contributed by atoms with Gasteiger partial charge in [0.15, 0.2) is 0 Å². The minimum Gasteiger partial charge on any atom is -0.389 e. The molecule has 0 saturated carbocycles. The van der Waals surface area contributed by atoms with Crippen molar-refractivity contribution in [1.82, 2.24) is 0 Å². The Hall–Kier alpha value is -1.02. The highest BCUT2D eigenvalue weighted by Crippen LogP contribution is 2.18. The van der Waals surface area contributed by atoms with Crippen molar-refractivity contribution >= 4 is 5.69 Å². The van der Waals surface area contributed by atoms with Gasteiger partial charge in [-0.05, 0) is 45.4 Å². The number of anilines is 1. The molecule has 0 bridgehead atoms. The average Bonchev–Trinajstić information content (AvgIpc) is 2.13. The van der Waals surface area contributed by atoms with Crippen LogP contribution < -0.4 is 4.90 Å². The third kappa shape index (κ3) is 3.92. The van der Waals surface area contributed by atoms with Gasteiger partial charge in [0.2, 0.25) is 0 Å². The summed E-state index contributed by atoms with van der Waals surface area (Å²) in [7, 11) is 0. The molecule has 0 atom stereocenters. The zero-order valence-electron chi connectivity index (χ0n) is 10.1. The number of benzene rings is 1. The molecule has 0 saturated heterocycles. The number of aliphatic hydroxyl groups is 1. The molecule has 1 aromatic carbocycles. The lowest BCUT2D eigenvalue weighted by molar-refractivity contribution is 0.0876. The molecule has 0 aliphatic heterocycles. The molecule has 1 N–H and O–H groups in total. The van der Waals surface area contributed by atoms with Crippen molar-refractivity contribution in [3.8, 4) is 0 Å². The van der Waals surface area contributed by atoms with Crippen LogP contribution >= 0.6 is 0 Å². The number of likely N-dealkylation sites (N-methyl/N-ethyl adjacent to an activating group) is 1. The second-order valence-electron chi connectivity index (χ2n) is 4.67. The van der Waals surface area contributed by atoms with Crippen LogP contribution in [0, 0.1) is 6.92 Å². The van der Waals surface area contributed by atoms with Crippen molar-refractivity contribution in [2.75, 3.05) is 18.0 Å². The van der Waals surface area contributed by atoms with E-state index in [1.807, 2.05) is 13.8 Å². The Morgan fingerprint density at radius 3 is 2.47 bits per heavy atom. The summed E-state index contributed by atoms with van der Waals surface area (Å²) >= 11 is 0. The maximum absolute atomic E-state index is 9.81. The van der Waals surface area contributed by atoms with Crippen molar-refractivity contribution in [3.05, 3.63) is 29.8 Å². The molecule has 0 fully saturated rings. The summed E-state index contributed by atoms with van der Waals surface area (Å²) in [6.45, 7) is 9.44. The standard InChI is InChI=1S/C13H21NO/c1-5-14(10-13(3,4)15)12-8-6-7-11(2)9-12/h6-9,15H,5,10H2,1-4H3. The maximum atomic E-state index is 9.81. The van der Waals surface area contributed by atoms with E-state index in [0.717, 1.165) is 6.54 Å². The highest BCUT2D eigenvalue weighted by molar-refractivity contribution is 5.48. The number of nitrogens with zero attached hydrogens (tertiary/aromatic N) is 1. The first kappa shape index (κ1) is 12.1. The van der Waals surface area contributed by atoms with Crippen LogP contribution in [0.25, 0.3) is 0 Å². The monoisotopic (exact) mass is 207 g/mol. The van der Waals surface area contributed by atoms with Crippen molar-refractivity contribution < 1.29 is 5.11 Å². The molecule has 2 heteroatoms. The van der Waals surface area contributed by atoms with Gasteiger partial charge in [0.05, 0.1) is 5.60 Å². The van der Waals surface area contributed by atoms with Crippen LogP contribution in [0.15, 0.2) is 24.3 Å². The predicted molar refractivity (Wildman–Crippen MR) is 65.4 cm³/mol. The minimum absolute atomic E-state index is 0.653. The topological polar surface area (TPSA) is 23.5 Å². The van der Waals surface area contributed by atoms with Gasteiger partial charge in [-0.2, -0.15) is 0 Å². The van der Waals surface area contributed by atoms with Crippen LogP contribution in [0.3, 0.4) is 0 Å². The SMILES string of the molecule is CCN(CC(C)(C)O)c1cccc(C)c1. The Bertz CT molecular complexity index is 315. The molecule has 0 aliphatic rings. The van der Waals surface area contributed by atoms with Gasteiger partial charge in [-0.3, -0.25) is 0 Å². The summed E-state index contributed by atoms with van der Waals surface area (Å²) in [4.78, 5) is 2.19. The summed E-state index contributed by atoms with van der Waals surface area (Å²) in [5, 5.41) is 9.81. The molecule has 15 heavy (non-hydrogen) atoms. The Morgan fingerprint density at radius 2 is 2.00 bits per heavy atom. The molecule has 0 spiro atoms. The van der Waals surface area contributed by atoms with Crippen molar-refractivity contribution in [3.63, 3.8) is 0 Å². The molecule has 0 radical (unpaired) electrons. The van der Waals surface area contributed by atoms with E-state index in [1.54, 1.807) is 0 Å². The van der Waals surface area contributed by atoms with Gasteiger partial charge < -0.3 is 10.0 Å². The van der Waals surface area contributed by atoms with Crippen LogP contribution in [-0.4, -0.2) is 23.8 Å².